The molecule has 0 aliphatic rings. The molecule has 1 heterocycles. The average molecular weight is 390 g/mol. The summed E-state index contributed by atoms with van der Waals surface area (Å²) in [6.45, 7) is 0.278. The fourth-order valence-electron chi connectivity index (χ4n) is 2.14. The van der Waals surface area contributed by atoms with Gasteiger partial charge in [0.05, 0.1) is 5.56 Å². The van der Waals surface area contributed by atoms with Gasteiger partial charge in [0.25, 0.3) is 0 Å². The van der Waals surface area contributed by atoms with Gasteiger partial charge in [-0.2, -0.15) is 0 Å². The van der Waals surface area contributed by atoms with Crippen molar-refractivity contribution in [2.75, 3.05) is 5.32 Å². The Morgan fingerprint density at radius 2 is 1.71 bits per heavy atom. The van der Waals surface area contributed by atoms with Crippen LogP contribution in [0.15, 0.2) is 76.1 Å². The average Bonchev–Trinajstić information content (AvgIpc) is 3.03. The van der Waals surface area contributed by atoms with E-state index in [1.807, 2.05) is 30.3 Å². The molecule has 3 N–H and O–H groups in total. The summed E-state index contributed by atoms with van der Waals surface area (Å²) in [4.78, 5) is 4.21. The van der Waals surface area contributed by atoms with E-state index in [0.717, 1.165) is 5.69 Å². The number of nitrogens with zero attached hydrogens (tertiary/aromatic N) is 1. The molecular formula is C18H17BrFN3O. The maximum Gasteiger partial charge on any atom is 0.193 e. The first kappa shape index (κ1) is 17.7. The molecule has 0 unspecified atom stereocenters. The largest absolute Gasteiger partial charge is 0.459 e. The van der Waals surface area contributed by atoms with Gasteiger partial charge in [-0.3, -0.25) is 0 Å². The maximum atomic E-state index is 13.7. The van der Waals surface area contributed by atoms with Crippen LogP contribution in [-0.2, 0) is 6.54 Å². The lowest BCUT2D eigenvalue weighted by Crippen LogP contribution is -2.22. The highest BCUT2D eigenvalue weighted by molar-refractivity contribution is 8.93. The fraction of sp³-hybridized carbons (Fsp3) is 0.0556. The van der Waals surface area contributed by atoms with E-state index in [0.29, 0.717) is 23.0 Å². The Balaban J connectivity index is 0.00000208. The van der Waals surface area contributed by atoms with E-state index in [-0.39, 0.29) is 29.3 Å². The predicted molar refractivity (Wildman–Crippen MR) is 99.8 cm³/mol. The van der Waals surface area contributed by atoms with Crippen LogP contribution in [0.1, 0.15) is 5.76 Å². The lowest BCUT2D eigenvalue weighted by Gasteiger charge is -2.04. The van der Waals surface area contributed by atoms with Crippen molar-refractivity contribution in [3.63, 3.8) is 0 Å². The van der Waals surface area contributed by atoms with Gasteiger partial charge >= 0.3 is 0 Å². The number of aliphatic imine (C=N–C) groups is 1. The molecule has 0 saturated carbocycles. The van der Waals surface area contributed by atoms with Gasteiger partial charge in [0, 0.05) is 5.69 Å². The minimum Gasteiger partial charge on any atom is -0.459 e. The number of nitrogens with one attached hydrogen (secondary N) is 1. The zero-order valence-electron chi connectivity index (χ0n) is 12.8. The van der Waals surface area contributed by atoms with Gasteiger partial charge in [0.1, 0.15) is 23.9 Å². The SMILES string of the molecule is Br.NC(=NCc1ccc(-c2ccccc2F)o1)Nc1ccccc1. The molecule has 6 heteroatoms. The first-order valence-electron chi connectivity index (χ1n) is 7.18. The Kier molecular flexibility index (Phi) is 6.14. The highest BCUT2D eigenvalue weighted by Gasteiger charge is 2.08. The molecule has 0 atom stereocenters. The number of hydrogen-bond donors (Lipinski definition) is 2. The van der Waals surface area contributed by atoms with Gasteiger partial charge in [-0.1, -0.05) is 30.3 Å². The van der Waals surface area contributed by atoms with E-state index in [2.05, 4.69) is 10.3 Å². The monoisotopic (exact) mass is 389 g/mol. The van der Waals surface area contributed by atoms with E-state index in [9.17, 15) is 4.39 Å². The molecule has 0 radical (unpaired) electrons. The summed E-state index contributed by atoms with van der Waals surface area (Å²) in [5.41, 5.74) is 7.12. The number of hydrogen-bond acceptors (Lipinski definition) is 2. The lowest BCUT2D eigenvalue weighted by molar-refractivity contribution is 0.520. The number of furan rings is 1. The Morgan fingerprint density at radius 1 is 1.00 bits per heavy atom. The standard InChI is InChI=1S/C18H16FN3O.BrH/c19-16-9-5-4-8-15(16)17-11-10-14(23-17)12-21-18(20)22-13-6-2-1-3-7-13;/h1-11H,12H2,(H3,20,21,22);1H. The fourth-order valence-corrected chi connectivity index (χ4v) is 2.14. The van der Waals surface area contributed by atoms with Crippen LogP contribution >= 0.6 is 17.0 Å². The third kappa shape index (κ3) is 4.45. The van der Waals surface area contributed by atoms with Crippen LogP contribution < -0.4 is 11.1 Å². The summed E-state index contributed by atoms with van der Waals surface area (Å²) in [6.07, 6.45) is 0. The van der Waals surface area contributed by atoms with Crippen molar-refractivity contribution < 1.29 is 8.81 Å². The molecular weight excluding hydrogens is 373 g/mol. The molecule has 0 aliphatic heterocycles. The van der Waals surface area contributed by atoms with Gasteiger partial charge in [-0.05, 0) is 36.4 Å². The smallest absolute Gasteiger partial charge is 0.193 e. The number of benzene rings is 2. The molecule has 2 aromatic carbocycles. The Hall–Kier alpha value is -2.60. The number of nitrogens with two attached hydrogens (primary N) is 1. The molecule has 0 spiro atoms. The van der Waals surface area contributed by atoms with Crippen molar-refractivity contribution in [2.45, 2.75) is 6.54 Å². The zero-order valence-corrected chi connectivity index (χ0v) is 14.5. The molecule has 0 saturated heterocycles. The van der Waals surface area contributed by atoms with Crippen LogP contribution in [0.25, 0.3) is 11.3 Å². The van der Waals surface area contributed by atoms with E-state index >= 15 is 0 Å². The second kappa shape index (κ2) is 8.31. The van der Waals surface area contributed by atoms with E-state index < -0.39 is 0 Å². The zero-order chi connectivity index (χ0) is 16.1. The normalized spacial score (nSPS) is 11.0. The first-order valence-corrected chi connectivity index (χ1v) is 7.18. The van der Waals surface area contributed by atoms with Crippen molar-refractivity contribution >= 4 is 28.6 Å². The molecule has 0 aliphatic carbocycles. The van der Waals surface area contributed by atoms with Crippen LogP contribution in [0.2, 0.25) is 0 Å². The Morgan fingerprint density at radius 3 is 2.46 bits per heavy atom. The maximum absolute atomic E-state index is 13.7. The van der Waals surface area contributed by atoms with Crippen molar-refractivity contribution in [3.05, 3.63) is 78.3 Å². The van der Waals surface area contributed by atoms with E-state index in [4.69, 9.17) is 10.2 Å². The van der Waals surface area contributed by atoms with Gasteiger partial charge in [0.15, 0.2) is 5.96 Å². The van der Waals surface area contributed by atoms with E-state index in [1.165, 1.54) is 6.07 Å². The molecule has 4 nitrogen and oxygen atoms in total. The topological polar surface area (TPSA) is 63.5 Å². The van der Waals surface area contributed by atoms with Crippen LogP contribution in [0.5, 0.6) is 0 Å². The second-order valence-electron chi connectivity index (χ2n) is 4.94. The summed E-state index contributed by atoms with van der Waals surface area (Å²) in [6, 6.07) is 19.5. The summed E-state index contributed by atoms with van der Waals surface area (Å²) < 4.78 is 19.3. The minimum atomic E-state index is -0.317. The van der Waals surface area contributed by atoms with Gasteiger partial charge in [0.2, 0.25) is 0 Å². The molecule has 0 fully saturated rings. The van der Waals surface area contributed by atoms with Gasteiger partial charge in [-0.25, -0.2) is 9.38 Å². The highest BCUT2D eigenvalue weighted by Crippen LogP contribution is 2.25. The lowest BCUT2D eigenvalue weighted by atomic mass is 10.1. The molecule has 24 heavy (non-hydrogen) atoms. The Labute approximate surface area is 150 Å². The van der Waals surface area contributed by atoms with Crippen LogP contribution in [0.4, 0.5) is 10.1 Å². The Bertz CT molecular complexity index is 818. The van der Waals surface area contributed by atoms with Crippen LogP contribution in [0, 0.1) is 5.82 Å². The van der Waals surface area contributed by atoms with Gasteiger partial charge in [-0.15, -0.1) is 17.0 Å². The molecule has 0 bridgehead atoms. The molecule has 124 valence electrons. The van der Waals surface area contributed by atoms with Crippen molar-refractivity contribution in [2.24, 2.45) is 10.7 Å². The molecule has 1 aromatic heterocycles. The summed E-state index contributed by atoms with van der Waals surface area (Å²) in [7, 11) is 0. The summed E-state index contributed by atoms with van der Waals surface area (Å²) >= 11 is 0. The number of halogens is 2. The third-order valence-electron chi connectivity index (χ3n) is 3.25. The van der Waals surface area contributed by atoms with Crippen LogP contribution in [-0.4, -0.2) is 5.96 Å². The van der Waals surface area contributed by atoms with Crippen molar-refractivity contribution in [3.8, 4) is 11.3 Å². The predicted octanol–water partition coefficient (Wildman–Crippen LogP) is 4.59. The molecule has 3 aromatic rings. The summed E-state index contributed by atoms with van der Waals surface area (Å²) in [5.74, 6) is 1.06. The number of anilines is 1. The number of rotatable bonds is 4. The van der Waals surface area contributed by atoms with Crippen molar-refractivity contribution in [1.29, 1.82) is 0 Å². The van der Waals surface area contributed by atoms with Crippen molar-refractivity contribution in [1.82, 2.24) is 0 Å². The number of guanidine groups is 1. The first-order chi connectivity index (χ1) is 11.2. The van der Waals surface area contributed by atoms with Crippen LogP contribution in [0.3, 0.4) is 0 Å². The third-order valence-corrected chi connectivity index (χ3v) is 3.25. The minimum absolute atomic E-state index is 0. The van der Waals surface area contributed by atoms with Gasteiger partial charge < -0.3 is 15.5 Å². The summed E-state index contributed by atoms with van der Waals surface area (Å²) in [5, 5.41) is 2.99. The number of para-hydroxylation sites is 1. The second-order valence-corrected chi connectivity index (χ2v) is 4.94. The quantitative estimate of drug-likeness (QED) is 0.506. The molecule has 3 rings (SSSR count). The molecule has 0 amide bonds. The van der Waals surface area contributed by atoms with E-state index in [1.54, 1.807) is 30.3 Å². The highest BCUT2D eigenvalue weighted by atomic mass is 79.9.